The van der Waals surface area contributed by atoms with Crippen molar-refractivity contribution in [3.05, 3.63) is 72.9 Å². The Morgan fingerprint density at radius 2 is 1.08 bits per heavy atom. The average molecular weight is 722 g/mol. The van der Waals surface area contributed by atoms with Gasteiger partial charge in [-0.05, 0) is 64.2 Å². The molecule has 0 aromatic rings. The Kier molecular flexibility index (Phi) is 36.6. The number of carbonyl (C=O) groups excluding carboxylic acids is 1. The third kappa shape index (κ3) is 37.2. The summed E-state index contributed by atoms with van der Waals surface area (Å²) < 4.78 is 33.2. The molecule has 0 saturated carbocycles. The van der Waals surface area contributed by atoms with Crippen molar-refractivity contribution in [1.29, 1.82) is 0 Å². The lowest BCUT2D eigenvalue weighted by Gasteiger charge is -2.20. The van der Waals surface area contributed by atoms with Crippen LogP contribution in [0.25, 0.3) is 0 Å². The van der Waals surface area contributed by atoms with Gasteiger partial charge < -0.3 is 20.1 Å². The monoisotopic (exact) mass is 722 g/mol. The zero-order chi connectivity index (χ0) is 36.6. The van der Waals surface area contributed by atoms with E-state index in [4.69, 9.17) is 24.3 Å². The summed E-state index contributed by atoms with van der Waals surface area (Å²) in [6.45, 7) is 4.69. The first-order valence-electron chi connectivity index (χ1n) is 19.5. The second kappa shape index (κ2) is 38.2. The molecule has 0 aliphatic rings. The van der Waals surface area contributed by atoms with Crippen molar-refractivity contribution >= 4 is 13.8 Å². The molecule has 8 nitrogen and oxygen atoms in total. The third-order valence-corrected chi connectivity index (χ3v) is 8.71. The number of ether oxygens (including phenoxy) is 2. The van der Waals surface area contributed by atoms with Gasteiger partial charge in [0.05, 0.1) is 19.8 Å². The van der Waals surface area contributed by atoms with Crippen molar-refractivity contribution in [1.82, 2.24) is 0 Å². The maximum Gasteiger partial charge on any atom is 0.472 e. The van der Waals surface area contributed by atoms with Gasteiger partial charge >= 0.3 is 13.8 Å². The van der Waals surface area contributed by atoms with Crippen molar-refractivity contribution in [2.24, 2.45) is 5.73 Å². The molecule has 9 heteroatoms. The average Bonchev–Trinajstić information content (AvgIpc) is 3.10. The van der Waals surface area contributed by atoms with E-state index in [0.29, 0.717) is 13.0 Å². The van der Waals surface area contributed by atoms with Gasteiger partial charge in [0.15, 0.2) is 0 Å². The van der Waals surface area contributed by atoms with E-state index in [1.54, 1.807) is 0 Å². The highest BCUT2D eigenvalue weighted by molar-refractivity contribution is 7.47. The fraction of sp³-hybridized carbons (Fsp3) is 0.683. The molecule has 0 radical (unpaired) electrons. The molecule has 0 fully saturated rings. The fourth-order valence-electron chi connectivity index (χ4n) is 4.83. The van der Waals surface area contributed by atoms with Crippen molar-refractivity contribution < 1.29 is 32.8 Å². The number of phosphoric acid groups is 1. The second-order valence-corrected chi connectivity index (χ2v) is 14.0. The minimum atomic E-state index is -4.29. The number of hydrogen-bond acceptors (Lipinski definition) is 7. The molecule has 1 unspecified atom stereocenters. The van der Waals surface area contributed by atoms with E-state index >= 15 is 0 Å². The van der Waals surface area contributed by atoms with E-state index in [9.17, 15) is 14.3 Å². The number of unbranched alkanes of at least 4 members (excludes halogenated alkanes) is 15. The highest BCUT2D eigenvalue weighted by atomic mass is 31.2. The standard InChI is InChI=1S/C41H72NO7P/c1-3-5-7-9-11-13-15-17-18-19-20-21-23-25-27-29-31-33-36-46-38-40(39-48-50(44,45)47-37-35-42)49-41(43)34-32-30-28-26-24-22-16-14-12-10-8-6-4-2/h13-21,23,25,27,40H,3-12,22,24,26,28-39,42H2,1-2H3,(H,44,45)/b15-13+,16-14-,18-17+,20-19+,23-21+,27-25+/t40-/m1/s1. The molecule has 0 bridgehead atoms. The van der Waals surface area contributed by atoms with Crippen molar-refractivity contribution in [3.63, 3.8) is 0 Å². The van der Waals surface area contributed by atoms with Crippen LogP contribution in [0.1, 0.15) is 142 Å². The minimum absolute atomic E-state index is 0.0723. The van der Waals surface area contributed by atoms with E-state index in [0.717, 1.165) is 57.8 Å². The third-order valence-electron chi connectivity index (χ3n) is 7.72. The van der Waals surface area contributed by atoms with Crippen LogP contribution in [0.3, 0.4) is 0 Å². The van der Waals surface area contributed by atoms with E-state index < -0.39 is 13.9 Å². The maximum atomic E-state index is 12.5. The van der Waals surface area contributed by atoms with Crippen molar-refractivity contribution in [2.75, 3.05) is 33.0 Å². The summed E-state index contributed by atoms with van der Waals surface area (Å²) in [6.07, 6.45) is 46.3. The number of nitrogens with two attached hydrogens (primary N) is 1. The molecule has 2 atom stereocenters. The van der Waals surface area contributed by atoms with Crippen LogP contribution in [0.4, 0.5) is 0 Å². The fourth-order valence-corrected chi connectivity index (χ4v) is 5.60. The zero-order valence-corrected chi connectivity index (χ0v) is 32.5. The van der Waals surface area contributed by atoms with Crippen LogP contribution in [-0.4, -0.2) is 49.9 Å². The van der Waals surface area contributed by atoms with Crippen LogP contribution in [0, 0.1) is 0 Å². The molecule has 3 N–H and O–H groups in total. The molecule has 0 aliphatic heterocycles. The molecular weight excluding hydrogens is 649 g/mol. The number of esters is 1. The smallest absolute Gasteiger partial charge is 0.457 e. The maximum absolute atomic E-state index is 12.5. The lowest BCUT2D eigenvalue weighted by molar-refractivity contribution is -0.154. The van der Waals surface area contributed by atoms with E-state index in [1.807, 2.05) is 36.5 Å². The van der Waals surface area contributed by atoms with E-state index in [2.05, 4.69) is 50.3 Å². The summed E-state index contributed by atoms with van der Waals surface area (Å²) in [4.78, 5) is 22.4. The lowest BCUT2D eigenvalue weighted by Crippen LogP contribution is -2.28. The molecule has 50 heavy (non-hydrogen) atoms. The molecule has 0 rings (SSSR count). The summed E-state index contributed by atoms with van der Waals surface area (Å²) in [7, 11) is -4.29. The molecular formula is C41H72NO7P. The number of carbonyl (C=O) groups is 1. The molecule has 0 aromatic carbocycles. The SMILES string of the molecule is CCCCCC/C=C\CCCCCCCC(=O)O[C@H](COCCCC/C=C/C=C/C=C/C=C/C=C/CCCCCC)COP(=O)(O)OCCN. The number of allylic oxidation sites excluding steroid dienone is 12. The van der Waals surface area contributed by atoms with Crippen molar-refractivity contribution in [2.45, 2.75) is 148 Å². The normalized spacial score (nSPS) is 14.4. The number of hydrogen-bond donors (Lipinski definition) is 2. The van der Waals surface area contributed by atoms with Gasteiger partial charge in [0.25, 0.3) is 0 Å². The first-order valence-corrected chi connectivity index (χ1v) is 21.0. The van der Waals surface area contributed by atoms with Gasteiger partial charge in [-0.2, -0.15) is 0 Å². The van der Waals surface area contributed by atoms with Crippen LogP contribution >= 0.6 is 7.82 Å². The first-order chi connectivity index (χ1) is 24.4. The van der Waals surface area contributed by atoms with Gasteiger partial charge in [0.1, 0.15) is 6.10 Å². The molecule has 288 valence electrons. The minimum Gasteiger partial charge on any atom is -0.457 e. The van der Waals surface area contributed by atoms with Crippen LogP contribution in [0.15, 0.2) is 72.9 Å². The van der Waals surface area contributed by atoms with Crippen molar-refractivity contribution in [3.8, 4) is 0 Å². The molecule has 0 heterocycles. The Morgan fingerprint density at radius 1 is 0.600 bits per heavy atom. The van der Waals surface area contributed by atoms with Crippen LogP contribution in [-0.2, 0) is 27.9 Å². The summed E-state index contributed by atoms with van der Waals surface area (Å²) >= 11 is 0. The molecule has 0 aliphatic carbocycles. The lowest BCUT2D eigenvalue weighted by atomic mass is 10.1. The highest BCUT2D eigenvalue weighted by Crippen LogP contribution is 2.43. The molecule has 0 saturated heterocycles. The van der Waals surface area contributed by atoms with E-state index in [-0.39, 0.29) is 32.3 Å². The van der Waals surface area contributed by atoms with E-state index in [1.165, 1.54) is 64.2 Å². The Labute approximate surface area is 305 Å². The largest absolute Gasteiger partial charge is 0.472 e. The Hall–Kier alpha value is -2.06. The Morgan fingerprint density at radius 3 is 1.64 bits per heavy atom. The molecule has 0 amide bonds. The van der Waals surface area contributed by atoms with Gasteiger partial charge in [-0.25, -0.2) is 4.57 Å². The van der Waals surface area contributed by atoms with Gasteiger partial charge in [-0.3, -0.25) is 13.8 Å². The number of phosphoric ester groups is 1. The van der Waals surface area contributed by atoms with Gasteiger partial charge in [-0.15, -0.1) is 0 Å². The topological polar surface area (TPSA) is 117 Å². The first kappa shape index (κ1) is 47.9. The van der Waals surface area contributed by atoms with Crippen LogP contribution in [0.5, 0.6) is 0 Å². The van der Waals surface area contributed by atoms with Gasteiger partial charge in [-0.1, -0.05) is 145 Å². The summed E-state index contributed by atoms with van der Waals surface area (Å²) in [5.74, 6) is -0.363. The molecule has 0 spiro atoms. The quantitative estimate of drug-likeness (QED) is 0.0216. The predicted molar refractivity (Wildman–Crippen MR) is 210 cm³/mol. The van der Waals surface area contributed by atoms with Gasteiger partial charge in [0, 0.05) is 19.6 Å². The Bertz CT molecular complexity index is 989. The van der Waals surface area contributed by atoms with Crippen LogP contribution in [0.2, 0.25) is 0 Å². The predicted octanol–water partition coefficient (Wildman–Crippen LogP) is 11.2. The van der Waals surface area contributed by atoms with Gasteiger partial charge in [0.2, 0.25) is 0 Å². The second-order valence-electron chi connectivity index (χ2n) is 12.6. The summed E-state index contributed by atoms with van der Waals surface area (Å²) in [6, 6.07) is 0. The van der Waals surface area contributed by atoms with Crippen LogP contribution < -0.4 is 5.73 Å². The molecule has 0 aromatic heterocycles. The Balaban J connectivity index is 4.25. The number of rotatable bonds is 36. The highest BCUT2D eigenvalue weighted by Gasteiger charge is 2.25. The summed E-state index contributed by atoms with van der Waals surface area (Å²) in [5, 5.41) is 0. The summed E-state index contributed by atoms with van der Waals surface area (Å²) in [5.41, 5.74) is 5.35. The zero-order valence-electron chi connectivity index (χ0n) is 31.6.